The second-order valence-electron chi connectivity index (χ2n) is 9.40. The fourth-order valence-corrected chi connectivity index (χ4v) is 4.71. The topological polar surface area (TPSA) is 156 Å². The molecular weight excluding hydrogens is 446 g/mol. The number of fused-ring (bicyclic) bond motifs is 4. The number of nitrogens with zero attached hydrogens (tertiary/aromatic N) is 4. The first-order valence-corrected chi connectivity index (χ1v) is 12.2. The van der Waals surface area contributed by atoms with Crippen molar-refractivity contribution in [3.8, 4) is 11.3 Å². The maximum Gasteiger partial charge on any atom is 0.274 e. The van der Waals surface area contributed by atoms with Gasteiger partial charge in [-0.3, -0.25) is 9.59 Å². The van der Waals surface area contributed by atoms with E-state index in [2.05, 4.69) is 36.2 Å². The number of amides is 2. The van der Waals surface area contributed by atoms with E-state index in [9.17, 15) is 9.59 Å². The van der Waals surface area contributed by atoms with Crippen LogP contribution < -0.4 is 21.7 Å². The molecule has 5 rings (SSSR count). The van der Waals surface area contributed by atoms with Crippen LogP contribution in [0, 0.1) is 5.92 Å². The van der Waals surface area contributed by atoms with Gasteiger partial charge in [0.05, 0.1) is 35.9 Å². The summed E-state index contributed by atoms with van der Waals surface area (Å²) in [7, 11) is 0. The van der Waals surface area contributed by atoms with E-state index in [1.54, 1.807) is 29.2 Å². The summed E-state index contributed by atoms with van der Waals surface area (Å²) in [5.41, 5.74) is 8.98. The molecule has 2 atom stereocenters. The number of anilines is 2. The Balaban J connectivity index is 1.39. The Morgan fingerprint density at radius 2 is 2.03 bits per heavy atom. The van der Waals surface area contributed by atoms with Crippen LogP contribution in [0.2, 0.25) is 0 Å². The van der Waals surface area contributed by atoms with E-state index in [0.717, 1.165) is 43.6 Å². The largest absolute Gasteiger partial charge is 0.399 e. The van der Waals surface area contributed by atoms with Crippen LogP contribution in [-0.2, 0) is 4.79 Å². The third-order valence-corrected chi connectivity index (χ3v) is 6.83. The molecule has 0 saturated carbocycles. The number of rotatable bonds is 3. The van der Waals surface area contributed by atoms with Gasteiger partial charge in [0.15, 0.2) is 5.69 Å². The number of nitrogens with two attached hydrogens (primary N) is 1. The first kappa shape index (κ1) is 23.0. The van der Waals surface area contributed by atoms with Gasteiger partial charge in [0.2, 0.25) is 5.91 Å². The van der Waals surface area contributed by atoms with E-state index in [1.807, 2.05) is 13.0 Å². The summed E-state index contributed by atoms with van der Waals surface area (Å²) >= 11 is 0. The van der Waals surface area contributed by atoms with Crippen molar-refractivity contribution in [3.05, 3.63) is 42.1 Å². The quantitative estimate of drug-likeness (QED) is 0.363. The standard InChI is InChI=1S/C24H31N9O2/c1-14-3-2-4-18(29-24(35)21-13-33(32-31-21)16-7-9-26-10-8-16)22-27-12-20(28-22)17-6-5-15(25)11-19(17)30-23(14)34/h5-6,11-14,16,18,26H,2-4,7-10,25H2,1H3,(H,27,28)(H,29,35)(H,30,34)/t14-,18+/m1/s1. The third-order valence-electron chi connectivity index (χ3n) is 6.83. The molecule has 0 radical (unpaired) electrons. The molecule has 2 aliphatic rings. The van der Waals surface area contributed by atoms with Crippen molar-refractivity contribution in [2.45, 2.75) is 51.1 Å². The number of hydrogen-bond donors (Lipinski definition) is 5. The Kier molecular flexibility index (Phi) is 6.49. The van der Waals surface area contributed by atoms with Gasteiger partial charge in [-0.05, 0) is 57.0 Å². The van der Waals surface area contributed by atoms with Gasteiger partial charge in [0, 0.05) is 17.2 Å². The van der Waals surface area contributed by atoms with Gasteiger partial charge in [0.1, 0.15) is 5.82 Å². The van der Waals surface area contributed by atoms with E-state index < -0.39 is 0 Å². The number of carbonyl (C=O) groups is 2. The van der Waals surface area contributed by atoms with E-state index >= 15 is 0 Å². The van der Waals surface area contributed by atoms with E-state index in [-0.39, 0.29) is 35.5 Å². The summed E-state index contributed by atoms with van der Waals surface area (Å²) in [6.07, 6.45) is 7.40. The second kappa shape index (κ2) is 9.87. The zero-order valence-corrected chi connectivity index (χ0v) is 19.8. The summed E-state index contributed by atoms with van der Waals surface area (Å²) < 4.78 is 1.80. The summed E-state index contributed by atoms with van der Waals surface area (Å²) in [6.45, 7) is 3.77. The molecule has 1 saturated heterocycles. The average molecular weight is 478 g/mol. The molecule has 2 bridgehead atoms. The molecule has 2 amide bonds. The van der Waals surface area contributed by atoms with Crippen molar-refractivity contribution in [3.63, 3.8) is 0 Å². The number of aromatic nitrogens is 5. The zero-order chi connectivity index (χ0) is 24.4. The van der Waals surface area contributed by atoms with E-state index in [0.29, 0.717) is 30.0 Å². The lowest BCUT2D eigenvalue weighted by Gasteiger charge is -2.22. The van der Waals surface area contributed by atoms with Crippen LogP contribution >= 0.6 is 0 Å². The number of nitrogen functional groups attached to an aromatic ring is 1. The highest BCUT2D eigenvalue weighted by Crippen LogP contribution is 2.32. The molecule has 1 fully saturated rings. The Morgan fingerprint density at radius 3 is 2.86 bits per heavy atom. The number of imidazole rings is 1. The maximum absolute atomic E-state index is 13.1. The van der Waals surface area contributed by atoms with E-state index in [4.69, 9.17) is 5.73 Å². The molecule has 11 heteroatoms. The number of nitrogens with one attached hydrogen (secondary N) is 4. The molecule has 1 aromatic carbocycles. The zero-order valence-electron chi connectivity index (χ0n) is 19.8. The van der Waals surface area contributed by atoms with Gasteiger partial charge in [-0.1, -0.05) is 18.6 Å². The number of benzene rings is 1. The first-order chi connectivity index (χ1) is 17.0. The van der Waals surface area contributed by atoms with Gasteiger partial charge in [0.25, 0.3) is 5.91 Å². The Morgan fingerprint density at radius 1 is 1.20 bits per heavy atom. The van der Waals surface area contributed by atoms with Gasteiger partial charge in [-0.15, -0.1) is 5.10 Å². The lowest BCUT2D eigenvalue weighted by atomic mass is 9.99. The summed E-state index contributed by atoms with van der Waals surface area (Å²) in [5, 5.41) is 17.7. The molecule has 11 nitrogen and oxygen atoms in total. The van der Waals surface area contributed by atoms with Crippen molar-refractivity contribution in [1.29, 1.82) is 0 Å². The maximum atomic E-state index is 13.1. The number of carbonyl (C=O) groups excluding carboxylic acids is 2. The van der Waals surface area contributed by atoms with Crippen LogP contribution in [0.25, 0.3) is 11.3 Å². The molecule has 35 heavy (non-hydrogen) atoms. The van der Waals surface area contributed by atoms with Crippen molar-refractivity contribution in [1.82, 2.24) is 35.6 Å². The van der Waals surface area contributed by atoms with Crippen LogP contribution in [0.15, 0.2) is 30.6 Å². The van der Waals surface area contributed by atoms with Crippen LogP contribution in [0.1, 0.15) is 67.4 Å². The van der Waals surface area contributed by atoms with Crippen LogP contribution in [0.4, 0.5) is 11.4 Å². The minimum absolute atomic E-state index is 0.0627. The summed E-state index contributed by atoms with van der Waals surface area (Å²) in [6, 6.07) is 5.28. The van der Waals surface area contributed by atoms with Gasteiger partial charge >= 0.3 is 0 Å². The Hall–Kier alpha value is -3.73. The molecule has 0 aliphatic carbocycles. The monoisotopic (exact) mass is 477 g/mol. The molecule has 0 spiro atoms. The lowest BCUT2D eigenvalue weighted by molar-refractivity contribution is -0.119. The predicted octanol–water partition coefficient (Wildman–Crippen LogP) is 2.40. The smallest absolute Gasteiger partial charge is 0.274 e. The van der Waals surface area contributed by atoms with Gasteiger partial charge in [-0.25, -0.2) is 9.67 Å². The minimum atomic E-state index is -0.354. The molecule has 3 aromatic rings. The lowest BCUT2D eigenvalue weighted by Crippen LogP contribution is -2.30. The average Bonchev–Trinajstić information content (AvgIpc) is 3.54. The second-order valence-corrected chi connectivity index (χ2v) is 9.40. The van der Waals surface area contributed by atoms with Gasteiger partial charge in [-0.2, -0.15) is 0 Å². The molecule has 0 unspecified atom stereocenters. The summed E-state index contributed by atoms with van der Waals surface area (Å²) in [4.78, 5) is 33.8. The first-order valence-electron chi connectivity index (χ1n) is 12.2. The SMILES string of the molecule is C[C@@H]1CCC[C@H](NC(=O)c2cn(C3CCNCC3)nn2)c2ncc([nH]2)-c2ccc(N)cc2NC1=O. The number of H-pyrrole nitrogens is 1. The van der Waals surface area contributed by atoms with Gasteiger partial charge < -0.3 is 26.7 Å². The molecule has 4 heterocycles. The normalized spacial score (nSPS) is 21.3. The molecule has 184 valence electrons. The fraction of sp³-hybridized carbons (Fsp3) is 0.458. The molecule has 6 N–H and O–H groups in total. The Bertz CT molecular complexity index is 1210. The molecule has 2 aromatic heterocycles. The number of piperidine rings is 1. The van der Waals surface area contributed by atoms with Crippen molar-refractivity contribution < 1.29 is 9.59 Å². The van der Waals surface area contributed by atoms with Crippen LogP contribution in [0.3, 0.4) is 0 Å². The third kappa shape index (κ3) is 5.04. The van der Waals surface area contributed by atoms with Crippen molar-refractivity contribution in [2.24, 2.45) is 5.92 Å². The van der Waals surface area contributed by atoms with Crippen molar-refractivity contribution in [2.75, 3.05) is 24.1 Å². The van der Waals surface area contributed by atoms with Crippen LogP contribution in [0.5, 0.6) is 0 Å². The fourth-order valence-electron chi connectivity index (χ4n) is 4.71. The van der Waals surface area contributed by atoms with Crippen molar-refractivity contribution >= 4 is 23.2 Å². The highest BCUT2D eigenvalue weighted by Gasteiger charge is 2.25. The predicted molar refractivity (Wildman–Crippen MR) is 131 cm³/mol. The number of hydrogen-bond acceptors (Lipinski definition) is 7. The Labute approximate surface area is 203 Å². The van der Waals surface area contributed by atoms with E-state index in [1.165, 1.54) is 0 Å². The summed E-state index contributed by atoms with van der Waals surface area (Å²) in [5.74, 6) is 0.111. The van der Waals surface area contributed by atoms with Crippen LogP contribution in [-0.4, -0.2) is 49.9 Å². The minimum Gasteiger partial charge on any atom is -0.399 e. The highest BCUT2D eigenvalue weighted by atomic mass is 16.2. The molecule has 2 aliphatic heterocycles. The highest BCUT2D eigenvalue weighted by molar-refractivity contribution is 5.97. The number of aromatic amines is 1. The molecular formula is C24H31N9O2.